The Morgan fingerprint density at radius 2 is 2.00 bits per heavy atom. The van der Waals surface area contributed by atoms with Gasteiger partial charge >= 0.3 is 5.97 Å². The van der Waals surface area contributed by atoms with Crippen molar-refractivity contribution in [1.29, 1.82) is 0 Å². The highest BCUT2D eigenvalue weighted by Gasteiger charge is 2.14. The lowest BCUT2D eigenvalue weighted by Gasteiger charge is -2.06. The van der Waals surface area contributed by atoms with E-state index in [2.05, 4.69) is 4.74 Å². The molecule has 0 aromatic heterocycles. The van der Waals surface area contributed by atoms with Crippen LogP contribution < -0.4 is 0 Å². The van der Waals surface area contributed by atoms with Crippen LogP contribution in [0.4, 0.5) is 0 Å². The Kier molecular flexibility index (Phi) is 4.66. The number of carbonyl (C=O) groups is 2. The minimum absolute atomic E-state index is 0.128. The summed E-state index contributed by atoms with van der Waals surface area (Å²) >= 11 is 0. The van der Waals surface area contributed by atoms with Crippen LogP contribution in [0, 0.1) is 13.8 Å². The monoisotopic (exact) mass is 248 g/mol. The first-order valence-electron chi connectivity index (χ1n) is 5.65. The Morgan fingerprint density at radius 1 is 1.33 bits per heavy atom. The van der Waals surface area contributed by atoms with E-state index < -0.39 is 11.8 Å². The van der Waals surface area contributed by atoms with Crippen molar-refractivity contribution in [2.24, 2.45) is 0 Å². The van der Waals surface area contributed by atoms with Crippen molar-refractivity contribution >= 4 is 17.5 Å². The lowest BCUT2D eigenvalue weighted by molar-refractivity contribution is -0.151. The lowest BCUT2D eigenvalue weighted by Crippen LogP contribution is -2.15. The first kappa shape index (κ1) is 14.0. The molecule has 1 N–H and O–H groups in total. The van der Waals surface area contributed by atoms with Crippen molar-refractivity contribution < 1.29 is 19.4 Å². The summed E-state index contributed by atoms with van der Waals surface area (Å²) in [6.07, 6.45) is 0.889. The minimum atomic E-state index is -0.964. The number of rotatable bonds is 4. The summed E-state index contributed by atoms with van der Waals surface area (Å²) in [4.78, 5) is 22.5. The SMILES string of the molecule is CCOC(=O)C(=O)C=C(O)c1cc(C)ccc1C. The van der Waals surface area contributed by atoms with Crippen molar-refractivity contribution in [3.63, 3.8) is 0 Å². The Hall–Kier alpha value is -2.10. The number of aliphatic hydroxyl groups excluding tert-OH is 1. The van der Waals surface area contributed by atoms with Gasteiger partial charge in [-0.25, -0.2) is 4.79 Å². The summed E-state index contributed by atoms with van der Waals surface area (Å²) < 4.78 is 4.55. The maximum atomic E-state index is 11.4. The van der Waals surface area contributed by atoms with Crippen molar-refractivity contribution in [2.75, 3.05) is 6.61 Å². The van der Waals surface area contributed by atoms with Crippen LogP contribution in [0.5, 0.6) is 0 Å². The molecule has 18 heavy (non-hydrogen) atoms. The standard InChI is InChI=1S/C14H16O4/c1-4-18-14(17)13(16)8-12(15)11-7-9(2)5-6-10(11)3/h5-8,15H,4H2,1-3H3. The molecule has 0 amide bonds. The maximum Gasteiger partial charge on any atom is 0.379 e. The average Bonchev–Trinajstić information content (AvgIpc) is 2.32. The largest absolute Gasteiger partial charge is 0.507 e. The van der Waals surface area contributed by atoms with Crippen molar-refractivity contribution in [2.45, 2.75) is 20.8 Å². The third-order valence-electron chi connectivity index (χ3n) is 2.41. The highest BCUT2D eigenvalue weighted by atomic mass is 16.5. The molecule has 1 rings (SSSR count). The van der Waals surface area contributed by atoms with E-state index in [4.69, 9.17) is 0 Å². The van der Waals surface area contributed by atoms with Gasteiger partial charge in [0.25, 0.3) is 5.78 Å². The number of ketones is 1. The second-order valence-electron chi connectivity index (χ2n) is 3.93. The van der Waals surface area contributed by atoms with E-state index in [1.807, 2.05) is 26.0 Å². The number of carbonyl (C=O) groups excluding carboxylic acids is 2. The molecule has 0 radical (unpaired) electrons. The Bertz CT molecular complexity index is 501. The summed E-state index contributed by atoms with van der Waals surface area (Å²) in [5.41, 5.74) is 2.32. The zero-order valence-corrected chi connectivity index (χ0v) is 10.7. The van der Waals surface area contributed by atoms with Gasteiger partial charge in [-0.1, -0.05) is 17.7 Å². The summed E-state index contributed by atoms with van der Waals surface area (Å²) in [5, 5.41) is 9.85. The number of hydrogen-bond donors (Lipinski definition) is 1. The molecule has 0 aliphatic heterocycles. The number of benzene rings is 1. The fourth-order valence-electron chi connectivity index (χ4n) is 1.47. The molecular formula is C14H16O4. The zero-order chi connectivity index (χ0) is 13.7. The van der Waals surface area contributed by atoms with Gasteiger partial charge in [0, 0.05) is 11.6 Å². The first-order valence-corrected chi connectivity index (χ1v) is 5.65. The molecule has 0 atom stereocenters. The quantitative estimate of drug-likeness (QED) is 0.384. The number of ether oxygens (including phenoxy) is 1. The Labute approximate surface area is 106 Å². The van der Waals surface area contributed by atoms with E-state index in [-0.39, 0.29) is 12.4 Å². The van der Waals surface area contributed by atoms with Gasteiger partial charge < -0.3 is 9.84 Å². The molecule has 4 nitrogen and oxygen atoms in total. The third kappa shape index (κ3) is 3.45. The summed E-state index contributed by atoms with van der Waals surface area (Å²) in [6, 6.07) is 5.49. The minimum Gasteiger partial charge on any atom is -0.507 e. The average molecular weight is 248 g/mol. The highest BCUT2D eigenvalue weighted by molar-refractivity contribution is 6.39. The van der Waals surface area contributed by atoms with Crippen LogP contribution in [0.1, 0.15) is 23.6 Å². The molecule has 0 fully saturated rings. The van der Waals surface area contributed by atoms with Gasteiger partial charge in [0.2, 0.25) is 0 Å². The topological polar surface area (TPSA) is 63.6 Å². The molecule has 0 bridgehead atoms. The lowest BCUT2D eigenvalue weighted by atomic mass is 10.0. The van der Waals surface area contributed by atoms with Gasteiger partial charge in [0.15, 0.2) is 0 Å². The van der Waals surface area contributed by atoms with E-state index >= 15 is 0 Å². The molecule has 4 heteroatoms. The number of esters is 1. The summed E-state index contributed by atoms with van der Waals surface area (Å²) in [7, 11) is 0. The van der Waals surface area contributed by atoms with Gasteiger partial charge in [0.05, 0.1) is 6.61 Å². The second kappa shape index (κ2) is 6.00. The second-order valence-corrected chi connectivity index (χ2v) is 3.93. The van der Waals surface area contributed by atoms with Crippen LogP contribution >= 0.6 is 0 Å². The first-order chi connectivity index (χ1) is 8.45. The van der Waals surface area contributed by atoms with Gasteiger partial charge in [0.1, 0.15) is 5.76 Å². The molecular weight excluding hydrogens is 232 g/mol. The Balaban J connectivity index is 2.99. The fourth-order valence-corrected chi connectivity index (χ4v) is 1.47. The molecule has 1 aromatic carbocycles. The smallest absolute Gasteiger partial charge is 0.379 e. The van der Waals surface area contributed by atoms with Gasteiger partial charge in [-0.2, -0.15) is 0 Å². The van der Waals surface area contributed by atoms with Crippen LogP contribution in [0.25, 0.3) is 5.76 Å². The third-order valence-corrected chi connectivity index (χ3v) is 2.41. The molecule has 0 saturated heterocycles. The molecule has 0 spiro atoms. The van der Waals surface area contributed by atoms with Gasteiger partial charge in [-0.3, -0.25) is 4.79 Å². The van der Waals surface area contributed by atoms with Crippen LogP contribution in [-0.4, -0.2) is 23.5 Å². The maximum absolute atomic E-state index is 11.4. The van der Waals surface area contributed by atoms with Crippen LogP contribution in [0.3, 0.4) is 0 Å². The van der Waals surface area contributed by atoms with Crippen LogP contribution in [-0.2, 0) is 14.3 Å². The highest BCUT2D eigenvalue weighted by Crippen LogP contribution is 2.18. The van der Waals surface area contributed by atoms with Crippen molar-refractivity contribution in [3.05, 3.63) is 41.0 Å². The van der Waals surface area contributed by atoms with E-state index in [0.29, 0.717) is 5.56 Å². The molecule has 0 saturated carbocycles. The number of hydrogen-bond acceptors (Lipinski definition) is 4. The summed E-state index contributed by atoms with van der Waals surface area (Å²) in [6.45, 7) is 5.43. The van der Waals surface area contributed by atoms with Crippen LogP contribution in [0.2, 0.25) is 0 Å². The number of aryl methyl sites for hydroxylation is 2. The molecule has 1 aromatic rings. The van der Waals surface area contributed by atoms with Gasteiger partial charge in [-0.05, 0) is 32.4 Å². The predicted octanol–water partition coefficient (Wildman–Crippen LogP) is 2.33. The van der Waals surface area contributed by atoms with Crippen molar-refractivity contribution in [3.8, 4) is 0 Å². The van der Waals surface area contributed by atoms with E-state index in [1.165, 1.54) is 0 Å². The van der Waals surface area contributed by atoms with E-state index in [9.17, 15) is 14.7 Å². The summed E-state index contributed by atoms with van der Waals surface area (Å²) in [5.74, 6) is -2.06. The van der Waals surface area contributed by atoms with Crippen LogP contribution in [0.15, 0.2) is 24.3 Å². The molecule has 0 aliphatic rings. The van der Waals surface area contributed by atoms with Gasteiger partial charge in [-0.15, -0.1) is 0 Å². The molecule has 0 unspecified atom stereocenters. The predicted molar refractivity (Wildman–Crippen MR) is 68.2 cm³/mol. The number of aliphatic hydroxyl groups is 1. The fraction of sp³-hybridized carbons (Fsp3) is 0.286. The van der Waals surface area contributed by atoms with E-state index in [0.717, 1.165) is 17.2 Å². The normalized spacial score (nSPS) is 11.2. The molecule has 0 aliphatic carbocycles. The zero-order valence-electron chi connectivity index (χ0n) is 10.7. The van der Waals surface area contributed by atoms with Crippen molar-refractivity contribution in [1.82, 2.24) is 0 Å². The Morgan fingerprint density at radius 3 is 2.61 bits per heavy atom. The van der Waals surface area contributed by atoms with E-state index in [1.54, 1.807) is 13.0 Å². The molecule has 0 heterocycles. The molecule has 96 valence electrons.